The molecule has 0 fully saturated rings. The number of pyridine rings is 1. The number of alkyl halides is 4. The van der Waals surface area contributed by atoms with Crippen molar-refractivity contribution in [2.75, 3.05) is 5.32 Å². The van der Waals surface area contributed by atoms with E-state index in [1.165, 1.54) is 0 Å². The van der Waals surface area contributed by atoms with Crippen molar-refractivity contribution in [2.24, 2.45) is 0 Å². The summed E-state index contributed by atoms with van der Waals surface area (Å²) in [4.78, 5) is 22.7. The lowest BCUT2D eigenvalue weighted by molar-refractivity contribution is 0.0212. The number of hydrogen-bond donors (Lipinski definition) is 1. The topological polar surface area (TPSA) is 74.9 Å². The van der Waals surface area contributed by atoms with Gasteiger partial charge in [0.05, 0.1) is 27.5 Å². The van der Waals surface area contributed by atoms with Crippen molar-refractivity contribution in [1.82, 2.24) is 4.57 Å². The van der Waals surface area contributed by atoms with E-state index in [2.05, 4.69) is 5.32 Å². The Labute approximate surface area is 147 Å². The second-order valence-corrected chi connectivity index (χ2v) is 6.29. The number of thiophene rings is 1. The van der Waals surface area contributed by atoms with Crippen LogP contribution in [0.4, 0.5) is 27.6 Å². The number of nitrogens with zero attached hydrogens (tertiary/aromatic N) is 2. The third-order valence-corrected chi connectivity index (χ3v) is 4.42. The molecular formula is C15H10F5N3O2S. The summed E-state index contributed by atoms with van der Waals surface area (Å²) in [5.74, 6) is -5.66. The van der Waals surface area contributed by atoms with Crippen LogP contribution >= 0.6 is 11.3 Å². The van der Waals surface area contributed by atoms with E-state index in [9.17, 15) is 31.5 Å². The summed E-state index contributed by atoms with van der Waals surface area (Å²) in [5, 5.41) is 11.0. The zero-order valence-electron chi connectivity index (χ0n) is 13.0. The summed E-state index contributed by atoms with van der Waals surface area (Å²) in [5.41, 5.74) is -2.00. The molecule has 26 heavy (non-hydrogen) atoms. The van der Waals surface area contributed by atoms with E-state index in [1.807, 2.05) is 0 Å². The highest BCUT2D eigenvalue weighted by molar-refractivity contribution is 7.14. The van der Waals surface area contributed by atoms with Gasteiger partial charge < -0.3 is 9.88 Å². The molecule has 0 radical (unpaired) electrons. The quantitative estimate of drug-likeness (QED) is 0.792. The van der Waals surface area contributed by atoms with E-state index in [1.54, 1.807) is 6.07 Å². The zero-order valence-corrected chi connectivity index (χ0v) is 13.8. The molecule has 2 rings (SSSR count). The lowest BCUT2D eigenvalue weighted by Crippen LogP contribution is -2.26. The number of halogens is 5. The number of rotatable bonds is 5. The molecule has 1 amide bonds. The second kappa shape index (κ2) is 7.25. The van der Waals surface area contributed by atoms with Crippen LogP contribution in [0.2, 0.25) is 0 Å². The summed E-state index contributed by atoms with van der Waals surface area (Å²) < 4.78 is 65.7. The van der Waals surface area contributed by atoms with Crippen molar-refractivity contribution < 1.29 is 26.7 Å². The SMILES string of the molecule is CC(F)(F)c1sc(C(=O)Nc2cc(F)c(=O)n(CC(F)F)c2)cc1C#N. The first-order chi connectivity index (χ1) is 12.0. The zero-order chi connectivity index (χ0) is 19.6. The van der Waals surface area contributed by atoms with E-state index < -0.39 is 41.1 Å². The smallest absolute Gasteiger partial charge is 0.286 e. The first-order valence-corrected chi connectivity index (χ1v) is 7.76. The normalized spacial score (nSPS) is 11.5. The van der Waals surface area contributed by atoms with Crippen LogP contribution in [0.25, 0.3) is 0 Å². The Kier molecular flexibility index (Phi) is 5.46. The van der Waals surface area contributed by atoms with E-state index >= 15 is 0 Å². The van der Waals surface area contributed by atoms with Crippen molar-refractivity contribution in [1.29, 1.82) is 5.26 Å². The Balaban J connectivity index is 2.34. The van der Waals surface area contributed by atoms with Crippen LogP contribution in [0.3, 0.4) is 0 Å². The van der Waals surface area contributed by atoms with Crippen LogP contribution < -0.4 is 10.9 Å². The number of carbonyl (C=O) groups excluding carboxylic acids is 1. The van der Waals surface area contributed by atoms with Crippen molar-refractivity contribution in [3.05, 3.63) is 49.8 Å². The number of hydrogen-bond acceptors (Lipinski definition) is 4. The Hall–Kier alpha value is -2.74. The highest BCUT2D eigenvalue weighted by Crippen LogP contribution is 2.36. The molecule has 1 N–H and O–H groups in total. The maximum atomic E-state index is 13.6. The maximum absolute atomic E-state index is 13.6. The molecule has 0 unspecified atom stereocenters. The van der Waals surface area contributed by atoms with Gasteiger partial charge in [0.15, 0.2) is 5.82 Å². The highest BCUT2D eigenvalue weighted by atomic mass is 32.1. The molecule has 2 aromatic rings. The van der Waals surface area contributed by atoms with E-state index in [4.69, 9.17) is 5.26 Å². The fourth-order valence-corrected chi connectivity index (χ4v) is 2.99. The average molecular weight is 391 g/mol. The monoisotopic (exact) mass is 391 g/mol. The summed E-state index contributed by atoms with van der Waals surface area (Å²) in [6.45, 7) is -0.514. The lowest BCUT2D eigenvalue weighted by atomic mass is 10.2. The highest BCUT2D eigenvalue weighted by Gasteiger charge is 2.31. The number of nitriles is 1. The molecule has 138 valence electrons. The Morgan fingerprint density at radius 1 is 1.42 bits per heavy atom. The van der Waals surface area contributed by atoms with Gasteiger partial charge >= 0.3 is 0 Å². The van der Waals surface area contributed by atoms with Crippen LogP contribution in [0, 0.1) is 17.1 Å². The molecule has 0 spiro atoms. The molecule has 0 atom stereocenters. The molecule has 5 nitrogen and oxygen atoms in total. The summed E-state index contributed by atoms with van der Waals surface area (Å²) in [6, 6.07) is 3.11. The van der Waals surface area contributed by atoms with Gasteiger partial charge in [-0.15, -0.1) is 11.3 Å². The molecule has 0 saturated heterocycles. The Morgan fingerprint density at radius 2 is 2.08 bits per heavy atom. The summed E-state index contributed by atoms with van der Waals surface area (Å²) in [7, 11) is 0. The van der Waals surface area contributed by atoms with Gasteiger partial charge in [0.1, 0.15) is 6.07 Å². The lowest BCUT2D eigenvalue weighted by Gasteiger charge is -2.09. The average Bonchev–Trinajstić information content (AvgIpc) is 2.96. The molecule has 0 aromatic carbocycles. The minimum atomic E-state index is -3.34. The second-order valence-electron chi connectivity index (χ2n) is 5.23. The number of aromatic nitrogens is 1. The third kappa shape index (κ3) is 4.26. The van der Waals surface area contributed by atoms with Gasteiger partial charge in [-0.1, -0.05) is 0 Å². The largest absolute Gasteiger partial charge is 0.320 e. The maximum Gasteiger partial charge on any atom is 0.286 e. The summed E-state index contributed by atoms with van der Waals surface area (Å²) in [6.07, 6.45) is -2.12. The first-order valence-electron chi connectivity index (χ1n) is 6.94. The van der Waals surface area contributed by atoms with E-state index in [0.717, 1.165) is 12.3 Å². The van der Waals surface area contributed by atoms with Crippen LogP contribution in [-0.4, -0.2) is 16.9 Å². The number of nitrogens with one attached hydrogen (secondary N) is 1. The minimum Gasteiger partial charge on any atom is -0.320 e. The van der Waals surface area contributed by atoms with Gasteiger partial charge in [-0.3, -0.25) is 9.59 Å². The van der Waals surface area contributed by atoms with Crippen molar-refractivity contribution in [3.63, 3.8) is 0 Å². The Bertz CT molecular complexity index is 940. The molecule has 0 saturated carbocycles. The number of amides is 1. The van der Waals surface area contributed by atoms with Crippen LogP contribution in [0.1, 0.15) is 27.0 Å². The molecular weight excluding hydrogens is 381 g/mol. The number of carbonyl (C=O) groups is 1. The molecule has 0 bridgehead atoms. The van der Waals surface area contributed by atoms with Crippen molar-refractivity contribution >= 4 is 22.9 Å². The first kappa shape index (κ1) is 19.6. The fourth-order valence-electron chi connectivity index (χ4n) is 2.06. The predicted molar refractivity (Wildman–Crippen MR) is 83.2 cm³/mol. The van der Waals surface area contributed by atoms with Crippen LogP contribution in [0.5, 0.6) is 0 Å². The molecule has 11 heteroatoms. The predicted octanol–water partition coefficient (Wildman–Crippen LogP) is 3.55. The van der Waals surface area contributed by atoms with Gasteiger partial charge in [-0.25, -0.2) is 22.0 Å². The Morgan fingerprint density at radius 3 is 2.58 bits per heavy atom. The molecule has 0 aliphatic carbocycles. The van der Waals surface area contributed by atoms with Gasteiger partial charge in [0.2, 0.25) is 0 Å². The summed E-state index contributed by atoms with van der Waals surface area (Å²) >= 11 is 0.374. The minimum absolute atomic E-state index is 0.259. The van der Waals surface area contributed by atoms with Gasteiger partial charge in [0, 0.05) is 19.2 Å². The third-order valence-electron chi connectivity index (χ3n) is 3.11. The fraction of sp³-hybridized carbons (Fsp3) is 0.267. The van der Waals surface area contributed by atoms with E-state index in [-0.39, 0.29) is 16.1 Å². The van der Waals surface area contributed by atoms with Crippen LogP contribution in [0.15, 0.2) is 23.1 Å². The van der Waals surface area contributed by atoms with Crippen LogP contribution in [-0.2, 0) is 12.5 Å². The molecule has 0 aliphatic rings. The van der Waals surface area contributed by atoms with Crippen molar-refractivity contribution in [3.8, 4) is 6.07 Å². The van der Waals surface area contributed by atoms with Gasteiger partial charge in [-0.05, 0) is 6.07 Å². The number of anilines is 1. The van der Waals surface area contributed by atoms with E-state index in [0.29, 0.717) is 28.9 Å². The van der Waals surface area contributed by atoms with Gasteiger partial charge in [0.25, 0.3) is 23.8 Å². The molecule has 2 aromatic heterocycles. The standard InChI is InChI=1S/C15H10F5N3O2S/c1-15(19,20)12-7(4-21)2-10(26-12)13(24)22-8-3-9(16)14(25)23(5-8)6-11(17)18/h2-3,5,11H,6H2,1H3,(H,22,24). The van der Waals surface area contributed by atoms with Gasteiger partial charge in [-0.2, -0.15) is 5.26 Å². The molecule has 2 heterocycles. The van der Waals surface area contributed by atoms with Crippen molar-refractivity contribution in [2.45, 2.75) is 25.8 Å². The molecule has 0 aliphatic heterocycles.